The quantitative estimate of drug-likeness (QED) is 0.435. The van der Waals surface area contributed by atoms with Gasteiger partial charge >= 0.3 is 0 Å². The number of aromatic nitrogens is 6. The number of aromatic amines is 2. The molecule has 2 aliphatic rings. The van der Waals surface area contributed by atoms with Crippen LogP contribution in [0.1, 0.15) is 75.9 Å². The lowest BCUT2D eigenvalue weighted by atomic mass is 9.76. The summed E-state index contributed by atoms with van der Waals surface area (Å²) in [6.07, 6.45) is 10.5. The average molecular weight is 427 g/mol. The molecule has 0 unspecified atom stereocenters. The summed E-state index contributed by atoms with van der Waals surface area (Å²) in [7, 11) is 0. The third-order valence-electron chi connectivity index (χ3n) is 7.65. The average Bonchev–Trinajstić information content (AvgIpc) is 3.39. The van der Waals surface area contributed by atoms with E-state index in [0.29, 0.717) is 0 Å². The van der Waals surface area contributed by atoms with Gasteiger partial charge in [-0.1, -0.05) is 27.7 Å². The summed E-state index contributed by atoms with van der Waals surface area (Å²) in [6, 6.07) is 4.22. The molecule has 4 aromatic rings. The summed E-state index contributed by atoms with van der Waals surface area (Å²) >= 11 is 0. The molecule has 0 saturated heterocycles. The normalized spacial score (nSPS) is 19.0. The molecule has 4 heterocycles. The minimum atomic E-state index is 0.108. The fourth-order valence-corrected chi connectivity index (χ4v) is 5.80. The van der Waals surface area contributed by atoms with Crippen LogP contribution in [0.5, 0.6) is 0 Å². The van der Waals surface area contributed by atoms with Crippen LogP contribution in [-0.2, 0) is 23.7 Å². The lowest BCUT2D eigenvalue weighted by Gasteiger charge is -2.29. The molecule has 2 aliphatic carbocycles. The van der Waals surface area contributed by atoms with Gasteiger partial charge in [0.2, 0.25) is 0 Å². The molecule has 0 radical (unpaired) electrons. The Morgan fingerprint density at radius 3 is 2.12 bits per heavy atom. The predicted octanol–water partition coefficient (Wildman–Crippen LogP) is 5.64. The number of hydrogen-bond donors (Lipinski definition) is 2. The number of hydrogen-bond acceptors (Lipinski definition) is 4. The van der Waals surface area contributed by atoms with E-state index in [9.17, 15) is 0 Å². The van der Waals surface area contributed by atoms with Gasteiger partial charge in [-0.15, -0.1) is 0 Å². The molecule has 164 valence electrons. The van der Waals surface area contributed by atoms with E-state index in [0.717, 1.165) is 46.4 Å². The smallest absolute Gasteiger partial charge is 0.115 e. The Bertz CT molecular complexity index is 1340. The van der Waals surface area contributed by atoms with Crippen molar-refractivity contribution in [3.8, 4) is 22.8 Å². The summed E-state index contributed by atoms with van der Waals surface area (Å²) in [6.45, 7) is 9.20. The molecule has 6 heteroatoms. The van der Waals surface area contributed by atoms with E-state index in [1.807, 2.05) is 12.4 Å². The number of rotatable bonds is 2. The maximum absolute atomic E-state index is 5.19. The largest absolute Gasteiger partial charge is 0.281 e. The summed E-state index contributed by atoms with van der Waals surface area (Å²) in [5.74, 6) is 0. The Morgan fingerprint density at radius 1 is 0.812 bits per heavy atom. The highest BCUT2D eigenvalue weighted by atomic mass is 15.2. The topological polar surface area (TPSA) is 83.1 Å². The minimum Gasteiger partial charge on any atom is -0.281 e. The molecule has 0 fully saturated rings. The third-order valence-corrected chi connectivity index (χ3v) is 7.65. The summed E-state index contributed by atoms with van der Waals surface area (Å²) in [5, 5.41) is 18.5. The fraction of sp³-hybridized carbons (Fsp3) is 0.462. The molecular formula is C26H30N6. The molecule has 32 heavy (non-hydrogen) atoms. The van der Waals surface area contributed by atoms with Crippen molar-refractivity contribution in [1.82, 2.24) is 30.4 Å². The van der Waals surface area contributed by atoms with Crippen LogP contribution in [0.4, 0.5) is 0 Å². The molecule has 0 atom stereocenters. The standard InChI is InChI=1S/C26H30N6/c1-25(2)10-5-7-16-20(29-31-23(16)25)19-13-15-9-12-27-14-18(15)21(28-19)22-17-8-6-11-26(3,4)24(17)32-30-22/h9,12-14H,5-8,10-11H2,1-4H3,(H,29,31)(H,30,32). The van der Waals surface area contributed by atoms with E-state index in [2.05, 4.69) is 55.0 Å². The molecule has 6 rings (SSSR count). The van der Waals surface area contributed by atoms with E-state index in [1.165, 1.54) is 48.2 Å². The molecule has 6 nitrogen and oxygen atoms in total. The maximum Gasteiger partial charge on any atom is 0.115 e. The van der Waals surface area contributed by atoms with Crippen molar-refractivity contribution in [1.29, 1.82) is 0 Å². The van der Waals surface area contributed by atoms with Crippen molar-refractivity contribution in [3.63, 3.8) is 0 Å². The zero-order valence-corrected chi connectivity index (χ0v) is 19.3. The summed E-state index contributed by atoms with van der Waals surface area (Å²) in [5.41, 5.74) is 9.15. The summed E-state index contributed by atoms with van der Waals surface area (Å²) < 4.78 is 0. The van der Waals surface area contributed by atoms with Crippen molar-refractivity contribution < 1.29 is 0 Å². The van der Waals surface area contributed by atoms with Gasteiger partial charge in [0.15, 0.2) is 0 Å². The molecular weight excluding hydrogens is 396 g/mol. The number of H-pyrrole nitrogens is 2. The van der Waals surface area contributed by atoms with E-state index in [1.54, 1.807) is 0 Å². The molecule has 0 amide bonds. The first-order valence-electron chi connectivity index (χ1n) is 11.8. The Balaban J connectivity index is 1.58. The van der Waals surface area contributed by atoms with Crippen LogP contribution in [-0.4, -0.2) is 30.4 Å². The van der Waals surface area contributed by atoms with Gasteiger partial charge in [0.05, 0.1) is 5.69 Å². The van der Waals surface area contributed by atoms with Crippen molar-refractivity contribution >= 4 is 10.8 Å². The van der Waals surface area contributed by atoms with Crippen molar-refractivity contribution in [2.24, 2.45) is 0 Å². The minimum absolute atomic E-state index is 0.108. The van der Waals surface area contributed by atoms with Gasteiger partial charge in [-0.3, -0.25) is 15.2 Å². The van der Waals surface area contributed by atoms with Crippen molar-refractivity contribution in [2.45, 2.75) is 77.0 Å². The lowest BCUT2D eigenvalue weighted by molar-refractivity contribution is 0.420. The number of nitrogens with one attached hydrogen (secondary N) is 2. The summed E-state index contributed by atoms with van der Waals surface area (Å²) in [4.78, 5) is 9.60. The molecule has 0 aromatic carbocycles. The van der Waals surface area contributed by atoms with E-state index in [-0.39, 0.29) is 10.8 Å². The SMILES string of the molecule is CC1(C)CCCc2c(-c3cc4ccncc4c(-c4n[nH]c5c4CCCC5(C)C)n3)n[nH]c21. The predicted molar refractivity (Wildman–Crippen MR) is 127 cm³/mol. The first-order chi connectivity index (χ1) is 15.4. The van der Waals surface area contributed by atoms with Crippen LogP contribution in [0, 0.1) is 0 Å². The van der Waals surface area contributed by atoms with Crippen LogP contribution in [0.25, 0.3) is 33.5 Å². The second-order valence-electron chi connectivity index (χ2n) is 10.8. The van der Waals surface area contributed by atoms with Gasteiger partial charge in [-0.25, -0.2) is 4.98 Å². The Morgan fingerprint density at radius 2 is 1.44 bits per heavy atom. The highest BCUT2D eigenvalue weighted by molar-refractivity contribution is 5.96. The molecule has 0 aliphatic heterocycles. The van der Waals surface area contributed by atoms with Gasteiger partial charge in [-0.05, 0) is 56.0 Å². The molecule has 0 bridgehead atoms. The van der Waals surface area contributed by atoms with Crippen LogP contribution >= 0.6 is 0 Å². The van der Waals surface area contributed by atoms with Gasteiger partial charge in [0, 0.05) is 51.1 Å². The van der Waals surface area contributed by atoms with Gasteiger partial charge in [0.1, 0.15) is 17.1 Å². The fourth-order valence-electron chi connectivity index (χ4n) is 5.80. The zero-order valence-electron chi connectivity index (χ0n) is 19.3. The Labute approximate surface area is 188 Å². The van der Waals surface area contributed by atoms with Gasteiger partial charge in [0.25, 0.3) is 0 Å². The van der Waals surface area contributed by atoms with Gasteiger partial charge < -0.3 is 0 Å². The monoisotopic (exact) mass is 426 g/mol. The molecule has 0 spiro atoms. The number of pyridine rings is 2. The Kier molecular flexibility index (Phi) is 4.14. The third kappa shape index (κ3) is 2.85. The first-order valence-corrected chi connectivity index (χ1v) is 11.8. The second kappa shape index (κ2) is 6.74. The maximum atomic E-state index is 5.19. The lowest BCUT2D eigenvalue weighted by Crippen LogP contribution is -2.23. The molecule has 2 N–H and O–H groups in total. The van der Waals surface area contributed by atoms with Crippen LogP contribution in [0.2, 0.25) is 0 Å². The van der Waals surface area contributed by atoms with Crippen LogP contribution in [0.15, 0.2) is 24.5 Å². The number of fused-ring (bicyclic) bond motifs is 3. The highest BCUT2D eigenvalue weighted by Crippen LogP contribution is 2.42. The first kappa shape index (κ1) is 19.6. The van der Waals surface area contributed by atoms with Crippen molar-refractivity contribution in [2.75, 3.05) is 0 Å². The second-order valence-corrected chi connectivity index (χ2v) is 10.8. The molecule has 0 saturated carbocycles. The zero-order chi connectivity index (χ0) is 22.1. The highest BCUT2D eigenvalue weighted by Gasteiger charge is 2.34. The Hall–Kier alpha value is -3.02. The van der Waals surface area contributed by atoms with Gasteiger partial charge in [-0.2, -0.15) is 10.2 Å². The van der Waals surface area contributed by atoms with E-state index < -0.39 is 0 Å². The van der Waals surface area contributed by atoms with Crippen LogP contribution < -0.4 is 0 Å². The van der Waals surface area contributed by atoms with E-state index >= 15 is 0 Å². The number of nitrogens with zero attached hydrogens (tertiary/aromatic N) is 4. The van der Waals surface area contributed by atoms with Crippen LogP contribution in [0.3, 0.4) is 0 Å². The molecule has 4 aromatic heterocycles. The van der Waals surface area contributed by atoms with Crippen molar-refractivity contribution in [3.05, 3.63) is 47.0 Å². The van der Waals surface area contributed by atoms with E-state index in [4.69, 9.17) is 15.2 Å².